The highest BCUT2D eigenvalue weighted by Gasteiger charge is 2.13. The molecule has 0 aromatic heterocycles. The van der Waals surface area contributed by atoms with Crippen LogP contribution in [-0.2, 0) is 0 Å². The molecule has 0 aliphatic rings. The summed E-state index contributed by atoms with van der Waals surface area (Å²) in [7, 11) is 0. The maximum atomic E-state index is 9.35. The Labute approximate surface area is 101 Å². The van der Waals surface area contributed by atoms with Crippen LogP contribution in [0.1, 0.15) is 11.6 Å². The van der Waals surface area contributed by atoms with Crippen molar-refractivity contribution in [2.45, 2.75) is 6.04 Å². The van der Waals surface area contributed by atoms with Crippen LogP contribution in [0.25, 0.3) is 0 Å². The van der Waals surface area contributed by atoms with E-state index in [1.54, 1.807) is 5.01 Å². The molecule has 1 atom stereocenters. The minimum absolute atomic E-state index is 0.0000613. The van der Waals surface area contributed by atoms with E-state index in [-0.39, 0.29) is 25.9 Å². The van der Waals surface area contributed by atoms with Gasteiger partial charge in [0.1, 0.15) is 0 Å². The van der Waals surface area contributed by atoms with Crippen LogP contribution < -0.4 is 5.43 Å². The molecule has 1 rings (SSSR count). The molecule has 5 nitrogen and oxygen atoms in total. The van der Waals surface area contributed by atoms with E-state index >= 15 is 0 Å². The van der Waals surface area contributed by atoms with Gasteiger partial charge in [0.2, 0.25) is 0 Å². The molecule has 0 amide bonds. The molecule has 0 bridgehead atoms. The van der Waals surface area contributed by atoms with Gasteiger partial charge in [-0.1, -0.05) is 30.3 Å². The number of nitrogens with zero attached hydrogens (tertiary/aromatic N) is 1. The van der Waals surface area contributed by atoms with Crippen molar-refractivity contribution in [2.24, 2.45) is 0 Å². The fourth-order valence-corrected chi connectivity index (χ4v) is 1.61. The van der Waals surface area contributed by atoms with Crippen LogP contribution in [0.2, 0.25) is 0 Å². The van der Waals surface area contributed by atoms with E-state index in [4.69, 9.17) is 10.2 Å². The molecule has 17 heavy (non-hydrogen) atoms. The van der Waals surface area contributed by atoms with Gasteiger partial charge in [-0.05, 0) is 5.56 Å². The van der Waals surface area contributed by atoms with E-state index in [1.807, 2.05) is 30.3 Å². The lowest BCUT2D eigenvalue weighted by Gasteiger charge is -2.27. The molecule has 4 N–H and O–H groups in total. The average Bonchev–Trinajstić information content (AvgIpc) is 2.37. The lowest BCUT2D eigenvalue weighted by molar-refractivity contribution is 0.0799. The molecule has 0 saturated heterocycles. The molecule has 1 aromatic rings. The summed E-state index contributed by atoms with van der Waals surface area (Å²) in [4.78, 5) is 0. The Morgan fingerprint density at radius 3 is 2.06 bits per heavy atom. The van der Waals surface area contributed by atoms with Gasteiger partial charge in [0.25, 0.3) is 0 Å². The van der Waals surface area contributed by atoms with Gasteiger partial charge in [0, 0.05) is 13.1 Å². The zero-order valence-electron chi connectivity index (χ0n) is 9.79. The zero-order valence-corrected chi connectivity index (χ0v) is 9.79. The first kappa shape index (κ1) is 14.1. The van der Waals surface area contributed by atoms with E-state index in [0.29, 0.717) is 13.1 Å². The van der Waals surface area contributed by atoms with Crippen LogP contribution in [0.5, 0.6) is 0 Å². The van der Waals surface area contributed by atoms with E-state index in [0.717, 1.165) is 5.56 Å². The number of benzene rings is 1. The number of hydrazine groups is 1. The van der Waals surface area contributed by atoms with Crippen molar-refractivity contribution < 1.29 is 15.3 Å². The summed E-state index contributed by atoms with van der Waals surface area (Å²) < 4.78 is 0. The third kappa shape index (κ3) is 4.80. The van der Waals surface area contributed by atoms with Gasteiger partial charge in [-0.15, -0.1) is 0 Å². The van der Waals surface area contributed by atoms with Crippen molar-refractivity contribution in [3.8, 4) is 0 Å². The monoisotopic (exact) mass is 240 g/mol. The number of hydrogen-bond donors (Lipinski definition) is 4. The SMILES string of the molecule is OCCN(CCO)N[C@@H](CO)c1ccccc1. The van der Waals surface area contributed by atoms with E-state index in [2.05, 4.69) is 5.43 Å². The molecule has 0 aliphatic carbocycles. The van der Waals surface area contributed by atoms with Gasteiger partial charge in [-0.25, -0.2) is 10.4 Å². The summed E-state index contributed by atoms with van der Waals surface area (Å²) in [6.07, 6.45) is 0. The smallest absolute Gasteiger partial charge is 0.0695 e. The normalized spacial score (nSPS) is 12.9. The van der Waals surface area contributed by atoms with Crippen LogP contribution in [0, 0.1) is 0 Å². The second-order valence-electron chi connectivity index (χ2n) is 3.71. The molecule has 0 radical (unpaired) electrons. The van der Waals surface area contributed by atoms with E-state index in [9.17, 15) is 5.11 Å². The van der Waals surface area contributed by atoms with E-state index in [1.165, 1.54) is 0 Å². The summed E-state index contributed by atoms with van der Waals surface area (Å²) in [5.41, 5.74) is 4.05. The first-order valence-electron chi connectivity index (χ1n) is 5.70. The summed E-state index contributed by atoms with van der Waals surface area (Å²) >= 11 is 0. The van der Waals surface area contributed by atoms with Crippen LogP contribution in [0.4, 0.5) is 0 Å². The summed E-state index contributed by atoms with van der Waals surface area (Å²) in [6, 6.07) is 9.34. The zero-order chi connectivity index (χ0) is 12.5. The largest absolute Gasteiger partial charge is 0.395 e. The Balaban J connectivity index is 2.61. The van der Waals surface area contributed by atoms with Gasteiger partial charge in [0.15, 0.2) is 0 Å². The third-order valence-electron chi connectivity index (χ3n) is 2.46. The van der Waals surface area contributed by atoms with Crippen molar-refractivity contribution in [3.63, 3.8) is 0 Å². The molecule has 5 heteroatoms. The lowest BCUT2D eigenvalue weighted by atomic mass is 10.1. The Bertz CT molecular complexity index is 289. The summed E-state index contributed by atoms with van der Waals surface area (Å²) in [5.74, 6) is 0. The number of rotatable bonds is 8. The first-order valence-corrected chi connectivity index (χ1v) is 5.70. The van der Waals surface area contributed by atoms with Crippen molar-refractivity contribution in [1.29, 1.82) is 0 Å². The summed E-state index contributed by atoms with van der Waals surface area (Å²) in [6.45, 7) is 0.769. The highest BCUT2D eigenvalue weighted by atomic mass is 16.3. The average molecular weight is 240 g/mol. The van der Waals surface area contributed by atoms with Gasteiger partial charge in [0.05, 0.1) is 25.9 Å². The predicted octanol–water partition coefficient (Wildman–Crippen LogP) is -0.489. The topological polar surface area (TPSA) is 76.0 Å². The quantitative estimate of drug-likeness (QED) is 0.461. The molecule has 0 spiro atoms. The Morgan fingerprint density at radius 2 is 1.59 bits per heavy atom. The van der Waals surface area contributed by atoms with Gasteiger partial charge in [-0.3, -0.25) is 0 Å². The van der Waals surface area contributed by atoms with Gasteiger partial charge >= 0.3 is 0 Å². The van der Waals surface area contributed by atoms with Crippen LogP contribution in [-0.4, -0.2) is 53.2 Å². The highest BCUT2D eigenvalue weighted by molar-refractivity contribution is 5.18. The van der Waals surface area contributed by atoms with Gasteiger partial charge < -0.3 is 15.3 Å². The van der Waals surface area contributed by atoms with Crippen molar-refractivity contribution >= 4 is 0 Å². The number of hydrogen-bond acceptors (Lipinski definition) is 5. The van der Waals surface area contributed by atoms with Crippen LogP contribution in [0.15, 0.2) is 30.3 Å². The second-order valence-corrected chi connectivity index (χ2v) is 3.71. The molecule has 0 aliphatic heterocycles. The molecule has 0 heterocycles. The molecule has 1 aromatic carbocycles. The molecular weight excluding hydrogens is 220 g/mol. The minimum atomic E-state index is -0.228. The molecule has 0 saturated carbocycles. The van der Waals surface area contributed by atoms with Gasteiger partial charge in [-0.2, -0.15) is 0 Å². The summed E-state index contributed by atoms with van der Waals surface area (Å²) in [5, 5.41) is 28.8. The standard InChI is InChI=1S/C12H20N2O3/c15-8-6-14(7-9-16)13-12(10-17)11-4-2-1-3-5-11/h1-5,12-13,15-17H,6-10H2/t12-/m0/s1. The predicted molar refractivity (Wildman–Crippen MR) is 65.1 cm³/mol. The maximum absolute atomic E-state index is 9.35. The Hall–Kier alpha value is -0.980. The van der Waals surface area contributed by atoms with Crippen molar-refractivity contribution in [3.05, 3.63) is 35.9 Å². The number of nitrogens with one attached hydrogen (secondary N) is 1. The highest BCUT2D eigenvalue weighted by Crippen LogP contribution is 2.11. The second kappa shape index (κ2) is 8.16. The number of aliphatic hydroxyl groups is 3. The Morgan fingerprint density at radius 1 is 1.00 bits per heavy atom. The maximum Gasteiger partial charge on any atom is 0.0695 e. The fraction of sp³-hybridized carbons (Fsp3) is 0.500. The molecule has 0 unspecified atom stereocenters. The Kier molecular flexibility index (Phi) is 6.76. The van der Waals surface area contributed by atoms with Crippen LogP contribution >= 0.6 is 0 Å². The van der Waals surface area contributed by atoms with Crippen LogP contribution in [0.3, 0.4) is 0 Å². The first-order chi connectivity index (χ1) is 8.31. The molecule has 0 fully saturated rings. The van der Waals surface area contributed by atoms with Crippen molar-refractivity contribution in [1.82, 2.24) is 10.4 Å². The third-order valence-corrected chi connectivity index (χ3v) is 2.46. The fourth-order valence-electron chi connectivity index (χ4n) is 1.61. The number of aliphatic hydroxyl groups excluding tert-OH is 3. The molecular formula is C12H20N2O3. The minimum Gasteiger partial charge on any atom is -0.395 e. The van der Waals surface area contributed by atoms with E-state index < -0.39 is 0 Å². The lowest BCUT2D eigenvalue weighted by Crippen LogP contribution is -2.44. The molecule has 96 valence electrons. The van der Waals surface area contributed by atoms with Crippen molar-refractivity contribution in [2.75, 3.05) is 32.9 Å².